The maximum Gasteiger partial charge on any atom is -0.0285 e. The van der Waals surface area contributed by atoms with Crippen molar-refractivity contribution in [3.05, 3.63) is 59.8 Å². The quantitative estimate of drug-likeness (QED) is 0.414. The molecule has 0 N–H and O–H groups in total. The highest BCUT2D eigenvalue weighted by atomic mass is 13.9. The summed E-state index contributed by atoms with van der Waals surface area (Å²) >= 11 is 0. The normalized spacial score (nSPS) is 13.0. The van der Waals surface area contributed by atoms with Crippen molar-refractivity contribution >= 4 is 0 Å². The Bertz CT molecular complexity index is 318. The highest BCUT2D eigenvalue weighted by Crippen LogP contribution is 2.07. The van der Waals surface area contributed by atoms with Crippen molar-refractivity contribution < 1.29 is 0 Å². The minimum absolute atomic E-state index is 1.14. The van der Waals surface area contributed by atoms with Gasteiger partial charge < -0.3 is 0 Å². The van der Waals surface area contributed by atoms with E-state index in [1.54, 1.807) is 0 Å². The lowest BCUT2D eigenvalue weighted by molar-refractivity contribution is 0.967. The van der Waals surface area contributed by atoms with Crippen LogP contribution in [0.5, 0.6) is 0 Å². The third kappa shape index (κ3) is 9.26. The van der Waals surface area contributed by atoms with Gasteiger partial charge in [0.05, 0.1) is 0 Å². The molecule has 0 amide bonds. The molecule has 0 aliphatic rings. The highest BCUT2D eigenvalue weighted by molar-refractivity contribution is 5.24. The third-order valence-electron chi connectivity index (χ3n) is 2.21. The summed E-state index contributed by atoms with van der Waals surface area (Å²) in [4.78, 5) is 0. The van der Waals surface area contributed by atoms with Gasteiger partial charge in [-0.05, 0) is 40.5 Å². The molecule has 0 fully saturated rings. The summed E-state index contributed by atoms with van der Waals surface area (Å²) < 4.78 is 0. The molecule has 0 rings (SSSR count). The molecule has 0 nitrogen and oxygen atoms in total. The summed E-state index contributed by atoms with van der Waals surface area (Å²) in [6.07, 6.45) is 14.8. The van der Waals surface area contributed by atoms with Crippen molar-refractivity contribution in [1.29, 1.82) is 0 Å². The summed E-state index contributed by atoms with van der Waals surface area (Å²) in [5, 5.41) is 0. The molecule has 0 unspecified atom stereocenters. The Morgan fingerprint density at radius 1 is 1.06 bits per heavy atom. The second-order valence-corrected chi connectivity index (χ2v) is 4.34. The molecule has 0 aromatic heterocycles. The number of hydrogen-bond acceptors (Lipinski definition) is 0. The van der Waals surface area contributed by atoms with Crippen molar-refractivity contribution in [3.8, 4) is 0 Å². The summed E-state index contributed by atoms with van der Waals surface area (Å²) in [5.41, 5.74) is 4.04. The number of allylic oxidation sites excluding steroid dienone is 9. The largest absolute Gasteiger partial charge is 0.0991 e. The number of hydrogen-bond donors (Lipinski definition) is 0. The van der Waals surface area contributed by atoms with Crippen molar-refractivity contribution in [2.24, 2.45) is 0 Å². The van der Waals surface area contributed by atoms with Crippen LogP contribution in [0.4, 0.5) is 0 Å². The van der Waals surface area contributed by atoms with Crippen LogP contribution in [0.2, 0.25) is 0 Å². The van der Waals surface area contributed by atoms with Gasteiger partial charge in [-0.1, -0.05) is 59.8 Å². The lowest BCUT2D eigenvalue weighted by Gasteiger charge is -1.96. The van der Waals surface area contributed by atoms with E-state index in [-0.39, 0.29) is 0 Å². The van der Waals surface area contributed by atoms with Gasteiger partial charge in [0.1, 0.15) is 0 Å². The SMILES string of the molecule is C=C/C=C(C)/C=C/C=C(/C)CCC=C(C)C. The van der Waals surface area contributed by atoms with Gasteiger partial charge in [0.15, 0.2) is 0 Å². The maximum atomic E-state index is 3.67. The first-order valence-corrected chi connectivity index (χ1v) is 5.82. The van der Waals surface area contributed by atoms with Crippen LogP contribution in [0.25, 0.3) is 0 Å². The first-order valence-electron chi connectivity index (χ1n) is 5.82. The van der Waals surface area contributed by atoms with Gasteiger partial charge in [0.2, 0.25) is 0 Å². The van der Waals surface area contributed by atoms with Crippen LogP contribution in [0, 0.1) is 0 Å². The zero-order valence-electron chi connectivity index (χ0n) is 11.1. The van der Waals surface area contributed by atoms with Gasteiger partial charge in [-0.3, -0.25) is 0 Å². The molecule has 0 aromatic rings. The molecule has 0 saturated carbocycles. The molecule has 0 radical (unpaired) electrons. The molecule has 0 heterocycles. The first-order chi connectivity index (χ1) is 7.56. The van der Waals surface area contributed by atoms with Crippen molar-refractivity contribution in [2.45, 2.75) is 40.5 Å². The minimum Gasteiger partial charge on any atom is -0.0991 e. The molecule has 16 heavy (non-hydrogen) atoms. The Morgan fingerprint density at radius 2 is 1.75 bits per heavy atom. The topological polar surface area (TPSA) is 0 Å². The molecule has 0 spiro atoms. The molecule has 0 aromatic carbocycles. The van der Waals surface area contributed by atoms with E-state index in [2.05, 4.69) is 58.6 Å². The van der Waals surface area contributed by atoms with Crippen LogP contribution in [0.1, 0.15) is 40.5 Å². The standard InChI is InChI=1S/C16H24/c1-6-9-15(4)12-8-13-16(5)11-7-10-14(2)3/h6,8-10,12-13H,1,7,11H2,2-5H3/b12-8+,15-9+,16-13-. The third-order valence-corrected chi connectivity index (χ3v) is 2.21. The first kappa shape index (κ1) is 14.7. The second-order valence-electron chi connectivity index (χ2n) is 4.34. The molecule has 0 saturated heterocycles. The van der Waals surface area contributed by atoms with E-state index in [9.17, 15) is 0 Å². The fourth-order valence-corrected chi connectivity index (χ4v) is 1.28. The van der Waals surface area contributed by atoms with E-state index < -0.39 is 0 Å². The summed E-state index contributed by atoms with van der Waals surface area (Å²) in [7, 11) is 0. The molecule has 0 aliphatic carbocycles. The van der Waals surface area contributed by atoms with Crippen molar-refractivity contribution in [2.75, 3.05) is 0 Å². The van der Waals surface area contributed by atoms with Crippen LogP contribution in [-0.4, -0.2) is 0 Å². The van der Waals surface area contributed by atoms with Gasteiger partial charge in [-0.25, -0.2) is 0 Å². The summed E-state index contributed by atoms with van der Waals surface area (Å²) in [5.74, 6) is 0. The summed E-state index contributed by atoms with van der Waals surface area (Å²) in [6, 6.07) is 0. The Labute approximate surface area is 101 Å². The fraction of sp³-hybridized carbons (Fsp3) is 0.375. The summed E-state index contributed by atoms with van der Waals surface area (Å²) in [6.45, 7) is 12.2. The van der Waals surface area contributed by atoms with Crippen molar-refractivity contribution in [1.82, 2.24) is 0 Å². The lowest BCUT2D eigenvalue weighted by atomic mass is 10.1. The van der Waals surface area contributed by atoms with E-state index in [0.717, 1.165) is 12.8 Å². The molecule has 88 valence electrons. The van der Waals surface area contributed by atoms with Crippen LogP contribution >= 0.6 is 0 Å². The Balaban J connectivity index is 4.09. The predicted octanol–water partition coefficient (Wildman–Crippen LogP) is 5.37. The fourth-order valence-electron chi connectivity index (χ4n) is 1.28. The monoisotopic (exact) mass is 216 g/mol. The molecule has 0 bridgehead atoms. The second kappa shape index (κ2) is 8.96. The van der Waals surface area contributed by atoms with E-state index in [1.165, 1.54) is 16.7 Å². The van der Waals surface area contributed by atoms with Gasteiger partial charge in [0.25, 0.3) is 0 Å². The Kier molecular flexibility index (Phi) is 8.24. The smallest absolute Gasteiger partial charge is 0.0285 e. The maximum absolute atomic E-state index is 3.67. The lowest BCUT2D eigenvalue weighted by Crippen LogP contribution is -1.76. The van der Waals surface area contributed by atoms with Crippen LogP contribution in [0.15, 0.2) is 59.8 Å². The zero-order chi connectivity index (χ0) is 12.4. The molecular formula is C16H24. The number of rotatable bonds is 6. The predicted molar refractivity (Wildman–Crippen MR) is 75.5 cm³/mol. The van der Waals surface area contributed by atoms with E-state index >= 15 is 0 Å². The molecular weight excluding hydrogens is 192 g/mol. The van der Waals surface area contributed by atoms with Gasteiger partial charge in [-0.2, -0.15) is 0 Å². The molecule has 0 atom stereocenters. The van der Waals surface area contributed by atoms with Gasteiger partial charge >= 0.3 is 0 Å². The Hall–Kier alpha value is -1.30. The van der Waals surface area contributed by atoms with Gasteiger partial charge in [0, 0.05) is 0 Å². The molecule has 0 aliphatic heterocycles. The minimum atomic E-state index is 1.14. The molecule has 0 heteroatoms. The van der Waals surface area contributed by atoms with E-state index in [0.29, 0.717) is 0 Å². The average Bonchev–Trinajstić information content (AvgIpc) is 2.17. The van der Waals surface area contributed by atoms with Crippen LogP contribution < -0.4 is 0 Å². The highest BCUT2D eigenvalue weighted by Gasteiger charge is 1.86. The Morgan fingerprint density at radius 3 is 2.31 bits per heavy atom. The average molecular weight is 216 g/mol. The van der Waals surface area contributed by atoms with E-state index in [4.69, 9.17) is 0 Å². The van der Waals surface area contributed by atoms with Crippen LogP contribution in [-0.2, 0) is 0 Å². The van der Waals surface area contributed by atoms with E-state index in [1.807, 2.05) is 12.2 Å². The zero-order valence-corrected chi connectivity index (χ0v) is 11.1. The van der Waals surface area contributed by atoms with Crippen LogP contribution in [0.3, 0.4) is 0 Å². The van der Waals surface area contributed by atoms with Crippen molar-refractivity contribution in [3.63, 3.8) is 0 Å². The van der Waals surface area contributed by atoms with Gasteiger partial charge in [-0.15, -0.1) is 0 Å².